The van der Waals surface area contributed by atoms with E-state index < -0.39 is 12.1 Å². The molecule has 1 aliphatic carbocycles. The van der Waals surface area contributed by atoms with Crippen LogP contribution in [0.2, 0.25) is 0 Å². The Morgan fingerprint density at radius 2 is 2.05 bits per heavy atom. The predicted molar refractivity (Wildman–Crippen MR) is 78.4 cm³/mol. The van der Waals surface area contributed by atoms with Crippen LogP contribution >= 0.6 is 43.2 Å². The maximum absolute atomic E-state index is 12.7. The zero-order chi connectivity index (χ0) is 14.0. The summed E-state index contributed by atoms with van der Waals surface area (Å²) in [5.41, 5.74) is 0. The third-order valence-electron chi connectivity index (χ3n) is 3.40. The topological polar surface area (TPSA) is 12.0 Å². The Hall–Kier alpha value is 0.410. The number of rotatable bonds is 3. The summed E-state index contributed by atoms with van der Waals surface area (Å²) in [5.74, 6) is -1.14. The van der Waals surface area contributed by atoms with Gasteiger partial charge in [0.05, 0.1) is 9.70 Å². The lowest BCUT2D eigenvalue weighted by atomic mass is 9.85. The predicted octanol–water partition coefficient (Wildman–Crippen LogP) is 5.48. The maximum Gasteiger partial charge on any atom is 0.391 e. The van der Waals surface area contributed by atoms with E-state index in [4.69, 9.17) is 0 Å². The molecule has 108 valence electrons. The highest BCUT2D eigenvalue weighted by molar-refractivity contribution is 9.13. The van der Waals surface area contributed by atoms with Crippen LogP contribution in [0.25, 0.3) is 0 Å². The zero-order valence-corrected chi connectivity index (χ0v) is 14.1. The summed E-state index contributed by atoms with van der Waals surface area (Å²) >= 11 is 8.41. The molecule has 1 N–H and O–H groups in total. The van der Waals surface area contributed by atoms with Crippen molar-refractivity contribution in [2.75, 3.05) is 0 Å². The number of thiophene rings is 1. The molecule has 0 amide bonds. The molecule has 1 nitrogen and oxygen atoms in total. The monoisotopic (exact) mass is 419 g/mol. The van der Waals surface area contributed by atoms with Crippen molar-refractivity contribution in [2.45, 2.75) is 44.4 Å². The summed E-state index contributed by atoms with van der Waals surface area (Å²) in [7, 11) is 0. The molecular formula is C12H14Br2F3NS. The van der Waals surface area contributed by atoms with Crippen LogP contribution in [0, 0.1) is 5.92 Å². The fourth-order valence-electron chi connectivity index (χ4n) is 2.40. The highest BCUT2D eigenvalue weighted by Crippen LogP contribution is 2.38. The van der Waals surface area contributed by atoms with E-state index in [-0.39, 0.29) is 18.9 Å². The highest BCUT2D eigenvalue weighted by atomic mass is 79.9. The minimum atomic E-state index is -4.05. The summed E-state index contributed by atoms with van der Waals surface area (Å²) in [5, 5.41) is 3.25. The van der Waals surface area contributed by atoms with Gasteiger partial charge in [0.2, 0.25) is 0 Å². The third kappa shape index (κ3) is 4.44. The van der Waals surface area contributed by atoms with Gasteiger partial charge in [-0.1, -0.05) is 6.42 Å². The van der Waals surface area contributed by atoms with Crippen LogP contribution in [-0.4, -0.2) is 12.2 Å². The molecule has 19 heavy (non-hydrogen) atoms. The van der Waals surface area contributed by atoms with E-state index in [0.29, 0.717) is 13.0 Å². The van der Waals surface area contributed by atoms with Crippen molar-refractivity contribution in [3.63, 3.8) is 0 Å². The maximum atomic E-state index is 12.7. The molecule has 1 saturated carbocycles. The molecular weight excluding hydrogens is 407 g/mol. The Morgan fingerprint density at radius 3 is 2.63 bits per heavy atom. The van der Waals surface area contributed by atoms with Crippen LogP contribution in [-0.2, 0) is 6.54 Å². The average molecular weight is 421 g/mol. The molecule has 2 unspecified atom stereocenters. The second-order valence-electron chi connectivity index (χ2n) is 4.82. The van der Waals surface area contributed by atoms with Crippen molar-refractivity contribution in [2.24, 2.45) is 5.92 Å². The van der Waals surface area contributed by atoms with E-state index in [1.807, 2.05) is 6.07 Å². The molecule has 1 aromatic heterocycles. The van der Waals surface area contributed by atoms with Gasteiger partial charge in [-0.15, -0.1) is 11.3 Å². The molecule has 1 fully saturated rings. The summed E-state index contributed by atoms with van der Waals surface area (Å²) < 4.78 is 40.1. The first kappa shape index (κ1) is 15.8. The van der Waals surface area contributed by atoms with Crippen LogP contribution in [0.5, 0.6) is 0 Å². The van der Waals surface area contributed by atoms with Gasteiger partial charge < -0.3 is 5.32 Å². The van der Waals surface area contributed by atoms with Crippen LogP contribution in [0.3, 0.4) is 0 Å². The molecule has 0 spiro atoms. The SMILES string of the molecule is FC(F)(F)C1CCCC(NCc2cc(Br)c(Br)s2)C1. The summed E-state index contributed by atoms with van der Waals surface area (Å²) in [4.78, 5) is 1.12. The lowest BCUT2D eigenvalue weighted by molar-refractivity contribution is -0.183. The molecule has 7 heteroatoms. The van der Waals surface area contributed by atoms with Gasteiger partial charge in [0.15, 0.2) is 0 Å². The van der Waals surface area contributed by atoms with Gasteiger partial charge in [-0.05, 0) is 57.2 Å². The minimum Gasteiger partial charge on any atom is -0.309 e. The van der Waals surface area contributed by atoms with Crippen molar-refractivity contribution in [1.29, 1.82) is 0 Å². The number of alkyl halides is 3. The second kappa shape index (κ2) is 6.45. The first-order chi connectivity index (χ1) is 8.86. The normalized spacial score (nSPS) is 24.7. The Balaban J connectivity index is 1.86. The summed E-state index contributed by atoms with van der Waals surface area (Å²) in [6.45, 7) is 0.629. The molecule has 0 saturated heterocycles. The molecule has 1 aromatic rings. The van der Waals surface area contributed by atoms with E-state index in [1.165, 1.54) is 0 Å². The van der Waals surface area contributed by atoms with Gasteiger partial charge in [-0.25, -0.2) is 0 Å². The van der Waals surface area contributed by atoms with E-state index in [1.54, 1.807) is 11.3 Å². The standard InChI is InChI=1S/C12H14Br2F3NS/c13-10-5-9(19-11(10)14)6-18-8-3-1-2-7(4-8)12(15,16)17/h5,7-8,18H,1-4,6H2. The Morgan fingerprint density at radius 1 is 1.32 bits per heavy atom. The summed E-state index contributed by atoms with van der Waals surface area (Å²) in [6.07, 6.45) is -2.08. The quantitative estimate of drug-likeness (QED) is 0.682. The van der Waals surface area contributed by atoms with Gasteiger partial charge in [-0.2, -0.15) is 13.2 Å². The number of nitrogens with one attached hydrogen (secondary N) is 1. The molecule has 2 atom stereocenters. The largest absolute Gasteiger partial charge is 0.391 e. The van der Waals surface area contributed by atoms with E-state index in [0.717, 1.165) is 19.6 Å². The molecule has 2 rings (SSSR count). The molecule has 0 bridgehead atoms. The van der Waals surface area contributed by atoms with Crippen LogP contribution in [0.4, 0.5) is 13.2 Å². The van der Waals surface area contributed by atoms with E-state index >= 15 is 0 Å². The van der Waals surface area contributed by atoms with Crippen molar-refractivity contribution < 1.29 is 13.2 Å². The van der Waals surface area contributed by atoms with Crippen LogP contribution in [0.1, 0.15) is 30.6 Å². The molecule has 0 radical (unpaired) electrons. The zero-order valence-electron chi connectivity index (χ0n) is 10.1. The van der Waals surface area contributed by atoms with Gasteiger partial charge in [0.25, 0.3) is 0 Å². The first-order valence-corrected chi connectivity index (χ1v) is 8.50. The van der Waals surface area contributed by atoms with Gasteiger partial charge in [0, 0.05) is 21.9 Å². The Bertz CT molecular complexity index is 414. The summed E-state index contributed by atoms with van der Waals surface area (Å²) in [6, 6.07) is 1.96. The van der Waals surface area contributed by atoms with Crippen LogP contribution < -0.4 is 5.32 Å². The fourth-order valence-corrected chi connectivity index (χ4v) is 4.52. The fraction of sp³-hybridized carbons (Fsp3) is 0.667. The first-order valence-electron chi connectivity index (χ1n) is 6.10. The third-order valence-corrected chi connectivity index (χ3v) is 6.65. The van der Waals surface area contributed by atoms with Crippen molar-refractivity contribution >= 4 is 43.2 Å². The van der Waals surface area contributed by atoms with Crippen molar-refractivity contribution in [3.8, 4) is 0 Å². The van der Waals surface area contributed by atoms with Gasteiger partial charge in [0.1, 0.15) is 0 Å². The Kier molecular flexibility index (Phi) is 5.36. The second-order valence-corrected chi connectivity index (χ2v) is 8.13. The van der Waals surface area contributed by atoms with Gasteiger partial charge >= 0.3 is 6.18 Å². The number of halogens is 5. The number of hydrogen-bond donors (Lipinski definition) is 1. The van der Waals surface area contributed by atoms with Crippen molar-refractivity contribution in [1.82, 2.24) is 5.32 Å². The van der Waals surface area contributed by atoms with Crippen molar-refractivity contribution in [3.05, 3.63) is 19.2 Å². The highest BCUT2D eigenvalue weighted by Gasteiger charge is 2.41. The average Bonchev–Trinajstić information content (AvgIpc) is 2.66. The minimum absolute atomic E-state index is 0.0278. The lowest BCUT2D eigenvalue weighted by Gasteiger charge is -2.31. The number of hydrogen-bond acceptors (Lipinski definition) is 2. The van der Waals surface area contributed by atoms with Gasteiger partial charge in [-0.3, -0.25) is 0 Å². The van der Waals surface area contributed by atoms with E-state index in [2.05, 4.69) is 37.2 Å². The smallest absolute Gasteiger partial charge is 0.309 e. The molecule has 0 aliphatic heterocycles. The van der Waals surface area contributed by atoms with Crippen LogP contribution in [0.15, 0.2) is 14.3 Å². The molecule has 1 aliphatic rings. The molecule has 1 heterocycles. The van der Waals surface area contributed by atoms with E-state index in [9.17, 15) is 13.2 Å². The lowest BCUT2D eigenvalue weighted by Crippen LogP contribution is -2.38. The Labute approximate surface area is 131 Å². The molecule has 0 aromatic carbocycles.